The highest BCUT2D eigenvalue weighted by Crippen LogP contribution is 2.12. The van der Waals surface area contributed by atoms with Crippen molar-refractivity contribution < 1.29 is 4.79 Å². The maximum absolute atomic E-state index is 11.9. The molecule has 1 amide bonds. The van der Waals surface area contributed by atoms with Gasteiger partial charge in [0.15, 0.2) is 0 Å². The standard InChI is InChI=1S/C18H23N5O/c24-18(16-6-1-3-8-19-16)21-10-5-11-22-12-14-23(15-13-22)17-7-2-4-9-20-17/h1-4,6-9H,5,10-15H2,(H,21,24). The first kappa shape index (κ1) is 16.4. The van der Waals surface area contributed by atoms with Crippen LogP contribution in [-0.2, 0) is 0 Å². The van der Waals surface area contributed by atoms with Crippen LogP contribution in [0.4, 0.5) is 5.82 Å². The van der Waals surface area contributed by atoms with Crippen molar-refractivity contribution in [3.63, 3.8) is 0 Å². The number of nitrogens with one attached hydrogen (secondary N) is 1. The number of hydrogen-bond acceptors (Lipinski definition) is 5. The Labute approximate surface area is 142 Å². The largest absolute Gasteiger partial charge is 0.354 e. The molecule has 0 bridgehead atoms. The van der Waals surface area contributed by atoms with E-state index in [9.17, 15) is 4.79 Å². The first-order chi connectivity index (χ1) is 11.8. The van der Waals surface area contributed by atoms with Crippen LogP contribution in [0.5, 0.6) is 0 Å². The fraction of sp³-hybridized carbons (Fsp3) is 0.389. The average Bonchev–Trinajstić information content (AvgIpc) is 2.67. The summed E-state index contributed by atoms with van der Waals surface area (Å²) in [6.07, 6.45) is 4.42. The minimum Gasteiger partial charge on any atom is -0.354 e. The van der Waals surface area contributed by atoms with E-state index >= 15 is 0 Å². The predicted molar refractivity (Wildman–Crippen MR) is 94.1 cm³/mol. The molecule has 0 saturated carbocycles. The van der Waals surface area contributed by atoms with Crippen LogP contribution in [-0.4, -0.2) is 60.0 Å². The molecule has 0 spiro atoms. The normalized spacial score (nSPS) is 15.2. The van der Waals surface area contributed by atoms with Crippen LogP contribution in [0.2, 0.25) is 0 Å². The lowest BCUT2D eigenvalue weighted by molar-refractivity contribution is 0.0946. The molecule has 6 nitrogen and oxygen atoms in total. The molecule has 6 heteroatoms. The van der Waals surface area contributed by atoms with Gasteiger partial charge in [0, 0.05) is 45.1 Å². The summed E-state index contributed by atoms with van der Waals surface area (Å²) >= 11 is 0. The Morgan fingerprint density at radius 2 is 1.75 bits per heavy atom. The highest BCUT2D eigenvalue weighted by atomic mass is 16.1. The second-order valence-corrected chi connectivity index (χ2v) is 5.84. The summed E-state index contributed by atoms with van der Waals surface area (Å²) in [6.45, 7) is 5.73. The molecule has 1 aliphatic rings. The second kappa shape index (κ2) is 8.40. The summed E-state index contributed by atoms with van der Waals surface area (Å²) in [5, 5.41) is 2.92. The average molecular weight is 325 g/mol. The van der Waals surface area contributed by atoms with Crippen molar-refractivity contribution in [3.05, 3.63) is 54.5 Å². The number of aromatic nitrogens is 2. The van der Waals surface area contributed by atoms with Gasteiger partial charge in [-0.1, -0.05) is 12.1 Å². The Hall–Kier alpha value is -2.47. The first-order valence-electron chi connectivity index (χ1n) is 8.40. The molecule has 1 aliphatic heterocycles. The number of pyridine rings is 2. The van der Waals surface area contributed by atoms with Gasteiger partial charge in [0.05, 0.1) is 0 Å². The third-order valence-electron chi connectivity index (χ3n) is 4.18. The molecule has 0 aliphatic carbocycles. The quantitative estimate of drug-likeness (QED) is 0.814. The van der Waals surface area contributed by atoms with Gasteiger partial charge < -0.3 is 10.2 Å². The zero-order valence-electron chi connectivity index (χ0n) is 13.8. The van der Waals surface area contributed by atoms with Gasteiger partial charge in [-0.15, -0.1) is 0 Å². The van der Waals surface area contributed by atoms with Crippen molar-refractivity contribution in [2.75, 3.05) is 44.2 Å². The van der Waals surface area contributed by atoms with Crippen LogP contribution in [0, 0.1) is 0 Å². The molecular weight excluding hydrogens is 302 g/mol. The lowest BCUT2D eigenvalue weighted by Gasteiger charge is -2.35. The van der Waals surface area contributed by atoms with E-state index in [-0.39, 0.29) is 5.91 Å². The van der Waals surface area contributed by atoms with Gasteiger partial charge in [-0.2, -0.15) is 0 Å². The highest BCUT2D eigenvalue weighted by molar-refractivity contribution is 5.92. The molecule has 2 aromatic rings. The summed E-state index contributed by atoms with van der Waals surface area (Å²) in [7, 11) is 0. The molecule has 0 aromatic carbocycles. The van der Waals surface area contributed by atoms with E-state index in [0.29, 0.717) is 12.2 Å². The third kappa shape index (κ3) is 4.52. The fourth-order valence-electron chi connectivity index (χ4n) is 2.83. The monoisotopic (exact) mass is 325 g/mol. The Morgan fingerprint density at radius 3 is 2.42 bits per heavy atom. The van der Waals surface area contributed by atoms with E-state index < -0.39 is 0 Å². The molecule has 24 heavy (non-hydrogen) atoms. The van der Waals surface area contributed by atoms with Crippen LogP contribution >= 0.6 is 0 Å². The number of anilines is 1. The van der Waals surface area contributed by atoms with Crippen molar-refractivity contribution in [3.8, 4) is 0 Å². The van der Waals surface area contributed by atoms with Crippen LogP contribution in [0.1, 0.15) is 16.9 Å². The Balaban J connectivity index is 1.33. The molecule has 1 N–H and O–H groups in total. The number of carbonyl (C=O) groups is 1. The molecule has 1 fully saturated rings. The third-order valence-corrected chi connectivity index (χ3v) is 4.18. The van der Waals surface area contributed by atoms with Gasteiger partial charge in [-0.3, -0.25) is 14.7 Å². The summed E-state index contributed by atoms with van der Waals surface area (Å²) in [5.41, 5.74) is 0.474. The molecular formula is C18H23N5O. The second-order valence-electron chi connectivity index (χ2n) is 5.84. The van der Waals surface area contributed by atoms with Crippen molar-refractivity contribution >= 4 is 11.7 Å². The molecule has 0 atom stereocenters. The maximum atomic E-state index is 11.9. The Kier molecular flexibility index (Phi) is 5.74. The number of hydrogen-bond donors (Lipinski definition) is 1. The van der Waals surface area contributed by atoms with Crippen LogP contribution in [0.15, 0.2) is 48.8 Å². The number of rotatable bonds is 6. The molecule has 1 saturated heterocycles. The summed E-state index contributed by atoms with van der Waals surface area (Å²) in [4.78, 5) is 25.1. The van der Waals surface area contributed by atoms with Gasteiger partial charge in [0.25, 0.3) is 5.91 Å². The smallest absolute Gasteiger partial charge is 0.269 e. The van der Waals surface area contributed by atoms with E-state index in [0.717, 1.165) is 45.0 Å². The van der Waals surface area contributed by atoms with E-state index in [4.69, 9.17) is 0 Å². The molecule has 2 aromatic heterocycles. The first-order valence-corrected chi connectivity index (χ1v) is 8.40. The highest BCUT2D eigenvalue weighted by Gasteiger charge is 2.17. The van der Waals surface area contributed by atoms with E-state index in [1.165, 1.54) is 0 Å². The van der Waals surface area contributed by atoms with Crippen molar-refractivity contribution in [1.82, 2.24) is 20.2 Å². The lowest BCUT2D eigenvalue weighted by Crippen LogP contribution is -2.47. The number of piperazine rings is 1. The van der Waals surface area contributed by atoms with Gasteiger partial charge in [-0.25, -0.2) is 4.98 Å². The van der Waals surface area contributed by atoms with E-state index in [2.05, 4.69) is 31.2 Å². The van der Waals surface area contributed by atoms with Gasteiger partial charge in [0.2, 0.25) is 0 Å². The van der Waals surface area contributed by atoms with Crippen LogP contribution < -0.4 is 10.2 Å². The zero-order valence-corrected chi connectivity index (χ0v) is 13.8. The Bertz CT molecular complexity index is 626. The topological polar surface area (TPSA) is 61.4 Å². The summed E-state index contributed by atoms with van der Waals surface area (Å²) in [5.74, 6) is 0.954. The van der Waals surface area contributed by atoms with Gasteiger partial charge >= 0.3 is 0 Å². The molecule has 0 unspecified atom stereocenters. The minimum atomic E-state index is -0.101. The van der Waals surface area contributed by atoms with E-state index in [1.807, 2.05) is 24.4 Å². The van der Waals surface area contributed by atoms with Crippen molar-refractivity contribution in [2.24, 2.45) is 0 Å². The zero-order chi connectivity index (χ0) is 16.6. The SMILES string of the molecule is O=C(NCCCN1CCN(c2ccccn2)CC1)c1ccccn1. The number of amides is 1. The lowest BCUT2D eigenvalue weighted by atomic mass is 10.2. The fourth-order valence-corrected chi connectivity index (χ4v) is 2.83. The number of carbonyl (C=O) groups excluding carboxylic acids is 1. The van der Waals surface area contributed by atoms with Gasteiger partial charge in [-0.05, 0) is 37.2 Å². The predicted octanol–water partition coefficient (Wildman–Crippen LogP) is 1.42. The van der Waals surface area contributed by atoms with Crippen LogP contribution in [0.25, 0.3) is 0 Å². The molecule has 0 radical (unpaired) electrons. The summed E-state index contributed by atoms with van der Waals surface area (Å²) in [6, 6.07) is 11.4. The maximum Gasteiger partial charge on any atom is 0.269 e. The number of nitrogens with zero attached hydrogens (tertiary/aromatic N) is 4. The Morgan fingerprint density at radius 1 is 1.00 bits per heavy atom. The van der Waals surface area contributed by atoms with Crippen LogP contribution in [0.3, 0.4) is 0 Å². The minimum absolute atomic E-state index is 0.101. The molecule has 3 heterocycles. The molecule has 126 valence electrons. The summed E-state index contributed by atoms with van der Waals surface area (Å²) < 4.78 is 0. The van der Waals surface area contributed by atoms with E-state index in [1.54, 1.807) is 18.3 Å². The molecule has 3 rings (SSSR count). The van der Waals surface area contributed by atoms with Crippen molar-refractivity contribution in [1.29, 1.82) is 0 Å². The van der Waals surface area contributed by atoms with Gasteiger partial charge in [0.1, 0.15) is 11.5 Å². The van der Waals surface area contributed by atoms with Crippen molar-refractivity contribution in [2.45, 2.75) is 6.42 Å².